The second-order valence-electron chi connectivity index (χ2n) is 2.76. The molecule has 0 fully saturated rings. The predicted molar refractivity (Wildman–Crippen MR) is 72.7 cm³/mol. The van der Waals surface area contributed by atoms with E-state index in [4.69, 9.17) is 0 Å². The van der Waals surface area contributed by atoms with Gasteiger partial charge in [-0.15, -0.1) is 0 Å². The topological polar surface area (TPSA) is 37.4 Å². The fourth-order valence-corrected chi connectivity index (χ4v) is 2.18. The van der Waals surface area contributed by atoms with Crippen LogP contribution in [0.25, 0.3) is 0 Å². The van der Waals surface area contributed by atoms with Crippen molar-refractivity contribution in [2.45, 2.75) is 20.8 Å². The van der Waals surface area contributed by atoms with Crippen molar-refractivity contribution in [2.24, 2.45) is 0 Å². The van der Waals surface area contributed by atoms with Crippen molar-refractivity contribution < 1.29 is 12.8 Å². The van der Waals surface area contributed by atoms with Gasteiger partial charge in [0.15, 0.2) is 0 Å². The second-order valence-corrected chi connectivity index (χ2v) is 4.67. The molecule has 1 rings (SSSR count). The first-order valence-corrected chi connectivity index (χ1v) is 7.31. The summed E-state index contributed by atoms with van der Waals surface area (Å²) in [6.07, 6.45) is 1.21. The predicted octanol–water partition coefficient (Wildman–Crippen LogP) is 3.08. The van der Waals surface area contributed by atoms with Crippen LogP contribution in [-0.4, -0.2) is 28.4 Å². The minimum atomic E-state index is -3.13. The Hall–Kier alpha value is -1.10. The maximum absolute atomic E-state index is 11.3. The van der Waals surface area contributed by atoms with Crippen molar-refractivity contribution in [3.05, 3.63) is 30.3 Å². The van der Waals surface area contributed by atoms with Crippen molar-refractivity contribution >= 4 is 15.7 Å². The number of hydrogen-bond donors (Lipinski definition) is 0. The molecule has 0 bridgehead atoms. The lowest BCUT2D eigenvalue weighted by molar-refractivity contribution is 0.598. The van der Waals surface area contributed by atoms with Crippen LogP contribution in [0.15, 0.2) is 30.3 Å². The van der Waals surface area contributed by atoms with E-state index in [1.807, 2.05) is 39.0 Å². The van der Waals surface area contributed by atoms with E-state index in [1.165, 1.54) is 10.6 Å². The fourth-order valence-electron chi connectivity index (χ4n) is 1.20. The summed E-state index contributed by atoms with van der Waals surface area (Å²) in [5.74, 6) is 0. The van der Waals surface area contributed by atoms with Gasteiger partial charge in [-0.1, -0.05) is 32.0 Å². The first-order valence-electron chi connectivity index (χ1n) is 5.46. The molecule has 0 N–H and O–H groups in total. The van der Waals surface area contributed by atoms with Crippen LogP contribution < -0.4 is 4.31 Å². The van der Waals surface area contributed by atoms with E-state index < -0.39 is 10.0 Å². The number of nitrogens with zero attached hydrogens (tertiary/aromatic N) is 1. The number of halogens is 1. The Morgan fingerprint density at radius 1 is 1.12 bits per heavy atom. The summed E-state index contributed by atoms with van der Waals surface area (Å²) in [7, 11) is -2.63. The highest BCUT2D eigenvalue weighted by molar-refractivity contribution is 7.92. The Labute approximate surface area is 104 Å². The van der Waals surface area contributed by atoms with Crippen molar-refractivity contribution in [1.82, 2.24) is 0 Å². The summed E-state index contributed by atoms with van der Waals surface area (Å²) in [5.41, 5.74) is 0.715. The first-order chi connectivity index (χ1) is 8.05. The average Bonchev–Trinajstić information content (AvgIpc) is 2.35. The minimum Gasteiger partial charge on any atom is -0.271 e. The molecule has 5 heteroatoms. The van der Waals surface area contributed by atoms with Gasteiger partial charge in [0.25, 0.3) is 0 Å². The maximum Gasteiger partial charge on any atom is 0.232 e. The Balaban J connectivity index is 0. The normalized spacial score (nSPS) is 9.29. The van der Waals surface area contributed by atoms with Crippen molar-refractivity contribution in [3.63, 3.8) is 0 Å². The zero-order valence-electron chi connectivity index (χ0n) is 11.1. The van der Waals surface area contributed by atoms with Crippen LogP contribution in [0.5, 0.6) is 0 Å². The molecule has 0 amide bonds. The number of anilines is 1. The van der Waals surface area contributed by atoms with Crippen LogP contribution in [0.3, 0.4) is 0 Å². The molecule has 0 aromatic heterocycles. The SMILES string of the molecule is CC.CCN(c1ccccc1)S(C)(=O)=O.CF. The summed E-state index contributed by atoms with van der Waals surface area (Å²) < 4.78 is 33.4. The molecule has 0 spiro atoms. The van der Waals surface area contributed by atoms with Crippen LogP contribution in [0.4, 0.5) is 10.1 Å². The zero-order valence-corrected chi connectivity index (χ0v) is 12.0. The monoisotopic (exact) mass is 263 g/mol. The van der Waals surface area contributed by atoms with Gasteiger partial charge in [-0.3, -0.25) is 8.70 Å². The average molecular weight is 263 g/mol. The van der Waals surface area contributed by atoms with E-state index in [0.717, 1.165) is 0 Å². The van der Waals surface area contributed by atoms with Crippen molar-refractivity contribution in [3.8, 4) is 0 Å². The Kier molecular flexibility index (Phi) is 10.8. The molecular formula is C12H22FNO2S. The Morgan fingerprint density at radius 3 is 1.82 bits per heavy atom. The van der Waals surface area contributed by atoms with Gasteiger partial charge >= 0.3 is 0 Å². The van der Waals surface area contributed by atoms with Gasteiger partial charge in [0.2, 0.25) is 10.0 Å². The van der Waals surface area contributed by atoms with Gasteiger partial charge in [0.05, 0.1) is 19.1 Å². The van der Waals surface area contributed by atoms with Crippen LogP contribution in [0.1, 0.15) is 20.8 Å². The molecule has 3 nitrogen and oxygen atoms in total. The van der Waals surface area contributed by atoms with E-state index in [9.17, 15) is 12.8 Å². The van der Waals surface area contributed by atoms with Crippen molar-refractivity contribution in [2.75, 3.05) is 24.3 Å². The number of para-hydroxylation sites is 1. The molecule has 0 unspecified atom stereocenters. The highest BCUT2D eigenvalue weighted by Gasteiger charge is 2.13. The summed E-state index contributed by atoms with van der Waals surface area (Å²) in [6, 6.07) is 9.07. The summed E-state index contributed by atoms with van der Waals surface area (Å²) in [5, 5.41) is 0. The molecule has 17 heavy (non-hydrogen) atoms. The van der Waals surface area contributed by atoms with Gasteiger partial charge in [0, 0.05) is 6.54 Å². The van der Waals surface area contributed by atoms with Crippen LogP contribution in [0.2, 0.25) is 0 Å². The Morgan fingerprint density at radius 2 is 1.53 bits per heavy atom. The molecule has 100 valence electrons. The zero-order chi connectivity index (χ0) is 13.9. The minimum absolute atomic E-state index is 0.461. The lowest BCUT2D eigenvalue weighted by Gasteiger charge is -2.19. The molecule has 0 radical (unpaired) electrons. The van der Waals surface area contributed by atoms with E-state index in [0.29, 0.717) is 19.4 Å². The molecule has 0 saturated carbocycles. The maximum atomic E-state index is 11.3. The molecule has 0 saturated heterocycles. The number of rotatable bonds is 3. The fraction of sp³-hybridized carbons (Fsp3) is 0.500. The highest BCUT2D eigenvalue weighted by Crippen LogP contribution is 2.15. The van der Waals surface area contributed by atoms with Gasteiger partial charge in [-0.25, -0.2) is 8.42 Å². The Bertz CT molecular complexity index is 365. The number of sulfonamides is 1. The molecule has 0 aliphatic carbocycles. The molecule has 1 aromatic rings. The van der Waals surface area contributed by atoms with Gasteiger partial charge in [0.1, 0.15) is 0 Å². The largest absolute Gasteiger partial charge is 0.271 e. The number of benzene rings is 1. The third kappa shape index (κ3) is 6.94. The standard InChI is InChI=1S/C9H13NO2S.C2H6.CH3F/c1-3-10(13(2,11)12)9-7-5-4-6-8-9;2*1-2/h4-8H,3H2,1-2H3;1-2H3;1H3. The molecular weight excluding hydrogens is 241 g/mol. The van der Waals surface area contributed by atoms with Gasteiger partial charge < -0.3 is 0 Å². The number of hydrogen-bond acceptors (Lipinski definition) is 2. The summed E-state index contributed by atoms with van der Waals surface area (Å²) >= 11 is 0. The van der Waals surface area contributed by atoms with Crippen LogP contribution >= 0.6 is 0 Å². The third-order valence-corrected chi connectivity index (χ3v) is 3.00. The van der Waals surface area contributed by atoms with E-state index in [-0.39, 0.29) is 0 Å². The third-order valence-electron chi connectivity index (χ3n) is 1.73. The lowest BCUT2D eigenvalue weighted by Crippen LogP contribution is -2.29. The summed E-state index contributed by atoms with van der Waals surface area (Å²) in [4.78, 5) is 0. The highest BCUT2D eigenvalue weighted by atomic mass is 32.2. The lowest BCUT2D eigenvalue weighted by atomic mass is 10.3. The molecule has 0 heterocycles. The number of alkyl halides is 1. The van der Waals surface area contributed by atoms with Crippen LogP contribution in [0, 0.1) is 0 Å². The van der Waals surface area contributed by atoms with Crippen LogP contribution in [-0.2, 0) is 10.0 Å². The van der Waals surface area contributed by atoms with Crippen molar-refractivity contribution in [1.29, 1.82) is 0 Å². The van der Waals surface area contributed by atoms with E-state index in [1.54, 1.807) is 12.1 Å². The van der Waals surface area contributed by atoms with E-state index in [2.05, 4.69) is 0 Å². The van der Waals surface area contributed by atoms with E-state index >= 15 is 0 Å². The second kappa shape index (κ2) is 10.1. The summed E-state index contributed by atoms with van der Waals surface area (Å²) in [6.45, 7) is 6.27. The molecule has 0 aliphatic rings. The quantitative estimate of drug-likeness (QED) is 0.840. The molecule has 0 aliphatic heterocycles. The molecule has 1 aromatic carbocycles. The van der Waals surface area contributed by atoms with Gasteiger partial charge in [-0.2, -0.15) is 0 Å². The van der Waals surface area contributed by atoms with Gasteiger partial charge in [-0.05, 0) is 19.1 Å². The molecule has 0 atom stereocenters. The smallest absolute Gasteiger partial charge is 0.232 e. The first kappa shape index (κ1) is 18.3.